The van der Waals surface area contributed by atoms with Crippen molar-refractivity contribution >= 4 is 0 Å². The summed E-state index contributed by atoms with van der Waals surface area (Å²) in [7, 11) is 0. The molecule has 2 saturated heterocycles. The third kappa shape index (κ3) is 1.97. The Morgan fingerprint density at radius 2 is 1.62 bits per heavy atom. The molecule has 4 saturated carbocycles. The highest BCUT2D eigenvalue weighted by Gasteiger charge is 2.55. The molecule has 0 amide bonds. The summed E-state index contributed by atoms with van der Waals surface area (Å²) in [6.07, 6.45) is 13.7. The molecule has 2 atom stereocenters. The standard InChI is InChI=1S/C19H32N2/c1-2-17-12-20-5-3-4-18(20)13-21(17)19-9-14-6-15(10-19)8-16(7-14)11-19/h14-18H,2-13H2,1H3. The maximum Gasteiger partial charge on any atom is 0.0226 e. The summed E-state index contributed by atoms with van der Waals surface area (Å²) >= 11 is 0. The van der Waals surface area contributed by atoms with Crippen LogP contribution in [0.5, 0.6) is 0 Å². The molecule has 0 spiro atoms. The predicted molar refractivity (Wildman–Crippen MR) is 86.3 cm³/mol. The van der Waals surface area contributed by atoms with Crippen molar-refractivity contribution in [2.45, 2.75) is 82.3 Å². The van der Waals surface area contributed by atoms with Gasteiger partial charge in [-0.2, -0.15) is 0 Å². The molecule has 6 rings (SSSR count). The lowest BCUT2D eigenvalue weighted by molar-refractivity contribution is -0.128. The zero-order valence-corrected chi connectivity index (χ0v) is 13.8. The van der Waals surface area contributed by atoms with Crippen LogP contribution in [0.25, 0.3) is 0 Å². The summed E-state index contributed by atoms with van der Waals surface area (Å²) in [6.45, 7) is 6.61. The maximum absolute atomic E-state index is 3.09. The Hall–Kier alpha value is -0.0800. The van der Waals surface area contributed by atoms with E-state index in [1.807, 2.05) is 0 Å². The molecule has 0 N–H and O–H groups in total. The first-order chi connectivity index (χ1) is 10.3. The van der Waals surface area contributed by atoms with E-state index in [1.165, 1.54) is 38.9 Å². The molecule has 0 aromatic rings. The zero-order valence-electron chi connectivity index (χ0n) is 13.8. The fraction of sp³-hybridized carbons (Fsp3) is 1.00. The van der Waals surface area contributed by atoms with Gasteiger partial charge in [-0.15, -0.1) is 0 Å². The summed E-state index contributed by atoms with van der Waals surface area (Å²) in [5, 5.41) is 0. The van der Waals surface area contributed by atoms with Gasteiger partial charge in [0.05, 0.1) is 0 Å². The normalized spacial score (nSPS) is 53.3. The second-order valence-corrected chi connectivity index (χ2v) is 9.15. The highest BCUT2D eigenvalue weighted by atomic mass is 15.3. The molecule has 2 nitrogen and oxygen atoms in total. The van der Waals surface area contributed by atoms with E-state index in [9.17, 15) is 0 Å². The molecule has 6 aliphatic rings. The van der Waals surface area contributed by atoms with Gasteiger partial charge >= 0.3 is 0 Å². The number of nitrogens with zero attached hydrogens (tertiary/aromatic N) is 2. The van der Waals surface area contributed by atoms with Crippen LogP contribution in [0.4, 0.5) is 0 Å². The Bertz CT molecular complexity index is 383. The summed E-state index contributed by atoms with van der Waals surface area (Å²) in [5.41, 5.74) is 0.643. The summed E-state index contributed by atoms with van der Waals surface area (Å²) < 4.78 is 0. The third-order valence-electron chi connectivity index (χ3n) is 7.88. The smallest absolute Gasteiger partial charge is 0.0226 e. The minimum absolute atomic E-state index is 0.643. The van der Waals surface area contributed by atoms with Crippen LogP contribution in [0, 0.1) is 17.8 Å². The number of rotatable bonds is 2. The summed E-state index contributed by atoms with van der Waals surface area (Å²) in [5.74, 6) is 3.28. The second kappa shape index (κ2) is 4.71. The molecule has 2 heterocycles. The highest BCUT2D eigenvalue weighted by molar-refractivity contribution is 5.10. The molecule has 21 heavy (non-hydrogen) atoms. The van der Waals surface area contributed by atoms with E-state index in [0.29, 0.717) is 5.54 Å². The van der Waals surface area contributed by atoms with Crippen LogP contribution in [-0.4, -0.2) is 47.1 Å². The fourth-order valence-corrected chi connectivity index (χ4v) is 7.43. The quantitative estimate of drug-likeness (QED) is 0.767. The molecular weight excluding hydrogens is 256 g/mol. The van der Waals surface area contributed by atoms with Crippen LogP contribution in [0.1, 0.15) is 64.7 Å². The molecule has 2 heteroatoms. The molecule has 2 aliphatic heterocycles. The topological polar surface area (TPSA) is 6.48 Å². The lowest BCUT2D eigenvalue weighted by atomic mass is 9.52. The Kier molecular flexibility index (Phi) is 3.00. The largest absolute Gasteiger partial charge is 0.298 e. The third-order valence-corrected chi connectivity index (χ3v) is 7.88. The molecule has 118 valence electrons. The molecule has 4 aliphatic carbocycles. The number of hydrogen-bond donors (Lipinski definition) is 0. The second-order valence-electron chi connectivity index (χ2n) is 9.15. The molecular formula is C19H32N2. The first-order valence-electron chi connectivity index (χ1n) is 9.76. The van der Waals surface area contributed by atoms with Crippen molar-refractivity contribution in [1.29, 1.82) is 0 Å². The van der Waals surface area contributed by atoms with Crippen molar-refractivity contribution in [2.75, 3.05) is 19.6 Å². The monoisotopic (exact) mass is 288 g/mol. The van der Waals surface area contributed by atoms with Gasteiger partial charge in [0.2, 0.25) is 0 Å². The van der Waals surface area contributed by atoms with E-state index >= 15 is 0 Å². The zero-order chi connectivity index (χ0) is 14.0. The summed E-state index contributed by atoms with van der Waals surface area (Å²) in [6, 6.07) is 1.76. The summed E-state index contributed by atoms with van der Waals surface area (Å²) in [4.78, 5) is 5.91. The van der Waals surface area contributed by atoms with Crippen molar-refractivity contribution in [3.8, 4) is 0 Å². The number of piperazine rings is 1. The lowest BCUT2D eigenvalue weighted by Crippen LogP contribution is -2.68. The van der Waals surface area contributed by atoms with Gasteiger partial charge in [-0.25, -0.2) is 0 Å². The van der Waals surface area contributed by atoms with Gasteiger partial charge in [0.1, 0.15) is 0 Å². The lowest BCUT2D eigenvalue weighted by Gasteiger charge is -2.64. The molecule has 6 fully saturated rings. The van der Waals surface area contributed by atoms with Crippen LogP contribution in [0.15, 0.2) is 0 Å². The van der Waals surface area contributed by atoms with E-state index in [2.05, 4.69) is 16.7 Å². The van der Waals surface area contributed by atoms with Gasteiger partial charge in [0, 0.05) is 30.7 Å². The van der Waals surface area contributed by atoms with Crippen molar-refractivity contribution in [1.82, 2.24) is 9.80 Å². The molecule has 0 radical (unpaired) electrons. The Morgan fingerprint density at radius 3 is 2.24 bits per heavy atom. The average molecular weight is 288 g/mol. The first-order valence-corrected chi connectivity index (χ1v) is 9.76. The number of fused-ring (bicyclic) bond motifs is 1. The van der Waals surface area contributed by atoms with E-state index in [-0.39, 0.29) is 0 Å². The molecule has 0 aromatic carbocycles. The van der Waals surface area contributed by atoms with Gasteiger partial charge in [-0.05, 0) is 82.1 Å². The van der Waals surface area contributed by atoms with Gasteiger partial charge in [-0.3, -0.25) is 9.80 Å². The highest BCUT2D eigenvalue weighted by Crippen LogP contribution is 2.58. The SMILES string of the molecule is CCC1CN2CCCC2CN1C12CC3CC(CC(C3)C1)C2. The van der Waals surface area contributed by atoms with E-state index in [4.69, 9.17) is 0 Å². The van der Waals surface area contributed by atoms with E-state index in [0.717, 1.165) is 29.8 Å². The van der Waals surface area contributed by atoms with Crippen LogP contribution < -0.4 is 0 Å². The Balaban J connectivity index is 1.45. The number of hydrogen-bond acceptors (Lipinski definition) is 2. The van der Waals surface area contributed by atoms with Crippen LogP contribution in [-0.2, 0) is 0 Å². The van der Waals surface area contributed by atoms with Gasteiger partial charge in [-0.1, -0.05) is 6.92 Å². The maximum atomic E-state index is 3.09. The van der Waals surface area contributed by atoms with Crippen LogP contribution in [0.2, 0.25) is 0 Å². The van der Waals surface area contributed by atoms with Crippen LogP contribution >= 0.6 is 0 Å². The van der Waals surface area contributed by atoms with Crippen molar-refractivity contribution in [3.05, 3.63) is 0 Å². The van der Waals surface area contributed by atoms with Crippen molar-refractivity contribution in [2.24, 2.45) is 17.8 Å². The molecule has 0 aromatic heterocycles. The molecule has 2 unspecified atom stereocenters. The minimum Gasteiger partial charge on any atom is -0.298 e. The average Bonchev–Trinajstić information content (AvgIpc) is 2.91. The van der Waals surface area contributed by atoms with Crippen LogP contribution in [0.3, 0.4) is 0 Å². The van der Waals surface area contributed by atoms with Gasteiger partial charge < -0.3 is 0 Å². The van der Waals surface area contributed by atoms with Crippen molar-refractivity contribution in [3.63, 3.8) is 0 Å². The minimum atomic E-state index is 0.643. The Morgan fingerprint density at radius 1 is 0.952 bits per heavy atom. The van der Waals surface area contributed by atoms with Gasteiger partial charge in [0.25, 0.3) is 0 Å². The predicted octanol–water partition coefficient (Wildman–Crippen LogP) is 3.51. The van der Waals surface area contributed by atoms with Gasteiger partial charge in [0.15, 0.2) is 0 Å². The van der Waals surface area contributed by atoms with E-state index < -0.39 is 0 Å². The fourth-order valence-electron chi connectivity index (χ4n) is 7.43. The van der Waals surface area contributed by atoms with Crippen molar-refractivity contribution < 1.29 is 0 Å². The molecule has 4 bridgehead atoms. The first kappa shape index (κ1) is 13.4. The van der Waals surface area contributed by atoms with E-state index in [1.54, 1.807) is 38.5 Å². The Labute approximate surface area is 130 Å².